The Morgan fingerprint density at radius 3 is 1.14 bits per heavy atom. The van der Waals surface area contributed by atoms with Gasteiger partial charge in [0.25, 0.3) is 0 Å². The molecule has 0 spiro atoms. The van der Waals surface area contributed by atoms with Gasteiger partial charge in [-0.2, -0.15) is 0 Å². The largest absolute Gasteiger partial charge is 0.0889 e. The summed E-state index contributed by atoms with van der Waals surface area (Å²) in [6.45, 7) is 8.80. The van der Waals surface area contributed by atoms with Gasteiger partial charge in [0.1, 0.15) is 0 Å². The van der Waals surface area contributed by atoms with Gasteiger partial charge in [0, 0.05) is 29.4 Å². The van der Waals surface area contributed by atoms with Crippen LogP contribution < -0.4 is 0 Å². The van der Waals surface area contributed by atoms with Crippen LogP contribution in [0.1, 0.15) is 22.3 Å². The molecule has 4 heteroatoms. The summed E-state index contributed by atoms with van der Waals surface area (Å²) in [7, 11) is 3.71. The van der Waals surface area contributed by atoms with Gasteiger partial charge in [0.2, 0.25) is 0 Å². The highest BCUT2D eigenvalue weighted by Crippen LogP contribution is 2.48. The topological polar surface area (TPSA) is 0 Å². The Hall–Kier alpha value is -2.24. The molecular formula is C32H30S4. The molecule has 0 fully saturated rings. The first-order valence-electron chi connectivity index (χ1n) is 11.9. The van der Waals surface area contributed by atoms with E-state index < -0.39 is 0 Å². The number of rotatable bonds is 7. The number of allylic oxidation sites excluding steroid dienone is 14. The van der Waals surface area contributed by atoms with E-state index in [0.29, 0.717) is 0 Å². The molecule has 0 aliphatic heterocycles. The van der Waals surface area contributed by atoms with Gasteiger partial charge in [0.05, 0.1) is 0 Å². The molecule has 0 atom stereocenters. The molecule has 0 N–H and O–H groups in total. The molecule has 2 aromatic carbocycles. The molecule has 0 heterocycles. The quantitative estimate of drug-likeness (QED) is 0.319. The lowest BCUT2D eigenvalue weighted by atomic mass is 10.1. The van der Waals surface area contributed by atoms with Crippen molar-refractivity contribution < 1.29 is 0 Å². The third kappa shape index (κ3) is 7.63. The minimum absolute atomic E-state index is 1.23. The highest BCUT2D eigenvalue weighted by atomic mass is 33.1. The van der Waals surface area contributed by atoms with Crippen LogP contribution in [0.3, 0.4) is 0 Å². The number of hydrogen-bond donors (Lipinski definition) is 0. The van der Waals surface area contributed by atoms with Crippen LogP contribution in [-0.2, 0) is 0 Å². The van der Waals surface area contributed by atoms with E-state index in [0.717, 1.165) is 0 Å². The Morgan fingerprint density at radius 1 is 0.389 bits per heavy atom. The minimum atomic E-state index is 1.23. The molecule has 0 saturated heterocycles. The van der Waals surface area contributed by atoms with E-state index in [4.69, 9.17) is 0 Å². The number of thioether (sulfide) groups is 2. The Kier molecular flexibility index (Phi) is 9.94. The highest BCUT2D eigenvalue weighted by molar-refractivity contribution is 8.76. The molecule has 0 saturated carbocycles. The third-order valence-corrected chi connectivity index (χ3v) is 10.6. The SMILES string of the molecule is Cc1cc(SSc2cc(C)c(C)cc2SC2=CC=CC=CC=C2)c(SC2=CC=CC=CC=C2)cc1C. The zero-order chi connectivity index (χ0) is 25.3. The summed E-state index contributed by atoms with van der Waals surface area (Å²) < 4.78 is 0. The zero-order valence-corrected chi connectivity index (χ0v) is 24.3. The third-order valence-electron chi connectivity index (χ3n) is 5.73. The second kappa shape index (κ2) is 13.3. The lowest BCUT2D eigenvalue weighted by Crippen LogP contribution is -1.88. The number of aryl methyl sites for hydroxylation is 4. The maximum absolute atomic E-state index is 2.34. The summed E-state index contributed by atoms with van der Waals surface area (Å²) >= 11 is 3.66. The van der Waals surface area contributed by atoms with Crippen molar-refractivity contribution in [1.82, 2.24) is 0 Å². The van der Waals surface area contributed by atoms with Crippen LogP contribution in [0.15, 0.2) is 139 Å². The molecular weight excluding hydrogens is 513 g/mol. The maximum Gasteiger partial charge on any atom is 0.0328 e. The van der Waals surface area contributed by atoms with E-state index >= 15 is 0 Å². The average molecular weight is 543 g/mol. The van der Waals surface area contributed by atoms with Crippen LogP contribution in [0, 0.1) is 27.7 Å². The van der Waals surface area contributed by atoms with Gasteiger partial charge < -0.3 is 0 Å². The molecule has 182 valence electrons. The summed E-state index contributed by atoms with van der Waals surface area (Å²) in [5, 5.41) is 0. The molecule has 0 amide bonds. The zero-order valence-electron chi connectivity index (χ0n) is 21.0. The van der Waals surface area contributed by atoms with Crippen molar-refractivity contribution in [2.45, 2.75) is 47.3 Å². The number of hydrogen-bond acceptors (Lipinski definition) is 4. The molecule has 2 aliphatic rings. The summed E-state index contributed by atoms with van der Waals surface area (Å²) in [5.41, 5.74) is 5.30. The maximum atomic E-state index is 2.34. The second-order valence-corrected chi connectivity index (χ2v) is 13.0. The van der Waals surface area contributed by atoms with Gasteiger partial charge in [-0.25, -0.2) is 0 Å². The predicted octanol–water partition coefficient (Wildman–Crippen LogP) is 11.0. The Balaban J connectivity index is 1.60. The number of benzene rings is 2. The van der Waals surface area contributed by atoms with Gasteiger partial charge >= 0.3 is 0 Å². The van der Waals surface area contributed by atoms with Crippen LogP contribution in [0.25, 0.3) is 0 Å². The lowest BCUT2D eigenvalue weighted by molar-refractivity contribution is 1.17. The van der Waals surface area contributed by atoms with Gasteiger partial charge in [-0.3, -0.25) is 0 Å². The van der Waals surface area contributed by atoms with Gasteiger partial charge in [-0.15, -0.1) is 0 Å². The normalized spacial score (nSPS) is 14.8. The first kappa shape index (κ1) is 26.8. The molecule has 36 heavy (non-hydrogen) atoms. The fourth-order valence-electron chi connectivity index (χ4n) is 3.39. The fourth-order valence-corrected chi connectivity index (χ4v) is 8.37. The van der Waals surface area contributed by atoms with Crippen LogP contribution in [0.5, 0.6) is 0 Å². The molecule has 0 nitrogen and oxygen atoms in total. The predicted molar refractivity (Wildman–Crippen MR) is 166 cm³/mol. The van der Waals surface area contributed by atoms with Crippen LogP contribution in [-0.4, -0.2) is 0 Å². The summed E-state index contributed by atoms with van der Waals surface area (Å²) in [4.78, 5) is 7.67. The highest BCUT2D eigenvalue weighted by Gasteiger charge is 2.13. The van der Waals surface area contributed by atoms with E-state index in [1.807, 2.05) is 45.1 Å². The van der Waals surface area contributed by atoms with Crippen molar-refractivity contribution in [2.24, 2.45) is 0 Å². The lowest BCUT2D eigenvalue weighted by Gasteiger charge is -2.15. The van der Waals surface area contributed by atoms with Crippen molar-refractivity contribution in [2.75, 3.05) is 0 Å². The molecule has 0 unspecified atom stereocenters. The van der Waals surface area contributed by atoms with Gasteiger partial charge in [0.15, 0.2) is 0 Å². The Labute approximate surface area is 232 Å². The monoisotopic (exact) mass is 542 g/mol. The van der Waals surface area contributed by atoms with E-state index in [1.54, 1.807) is 0 Å². The van der Waals surface area contributed by atoms with Crippen molar-refractivity contribution in [3.8, 4) is 0 Å². The fraction of sp³-hybridized carbons (Fsp3) is 0.125. The van der Waals surface area contributed by atoms with Crippen molar-refractivity contribution in [1.29, 1.82) is 0 Å². The molecule has 2 aromatic rings. The van der Waals surface area contributed by atoms with Crippen molar-refractivity contribution in [3.05, 3.63) is 141 Å². The summed E-state index contributed by atoms with van der Waals surface area (Å²) in [6.07, 6.45) is 29.5. The average Bonchev–Trinajstić information content (AvgIpc) is 2.81. The van der Waals surface area contributed by atoms with E-state index in [9.17, 15) is 0 Å². The van der Waals surface area contributed by atoms with Crippen molar-refractivity contribution in [3.63, 3.8) is 0 Å². The smallest absolute Gasteiger partial charge is 0.0328 e. The molecule has 2 aliphatic carbocycles. The van der Waals surface area contributed by atoms with E-state index in [1.165, 1.54) is 51.6 Å². The van der Waals surface area contributed by atoms with Crippen molar-refractivity contribution >= 4 is 45.1 Å². The minimum Gasteiger partial charge on any atom is -0.0889 e. The molecule has 0 radical (unpaired) electrons. The summed E-state index contributed by atoms with van der Waals surface area (Å²) in [6, 6.07) is 9.33. The van der Waals surface area contributed by atoms with E-state index in [-0.39, 0.29) is 0 Å². The standard InChI is InChI=1S/C32H30S4/c1-23-19-29(33-27-15-11-7-5-8-12-16-27)31(21-25(23)3)35-36-32-22-26(4)24(2)20-30(32)34-28-17-13-9-6-10-14-18-28/h5-22H,1-4H3. The van der Waals surface area contributed by atoms with Crippen LogP contribution in [0.2, 0.25) is 0 Å². The second-order valence-electron chi connectivity index (χ2n) is 8.53. The van der Waals surface area contributed by atoms with Crippen LogP contribution in [0.4, 0.5) is 0 Å². The molecule has 0 bridgehead atoms. The van der Waals surface area contributed by atoms with Gasteiger partial charge in [-0.1, -0.05) is 106 Å². The van der Waals surface area contributed by atoms with Gasteiger partial charge in [-0.05, 0) is 98.5 Å². The summed E-state index contributed by atoms with van der Waals surface area (Å²) in [5.74, 6) is 0. The Morgan fingerprint density at radius 2 is 0.722 bits per heavy atom. The first-order valence-corrected chi connectivity index (χ1v) is 15.6. The molecule has 4 rings (SSSR count). The van der Waals surface area contributed by atoms with Crippen LogP contribution >= 0.6 is 45.1 Å². The molecule has 0 aromatic heterocycles. The Bertz CT molecular complexity index is 1260. The van der Waals surface area contributed by atoms with E-state index in [2.05, 4.69) is 137 Å². The first-order chi connectivity index (χ1) is 17.5.